The van der Waals surface area contributed by atoms with Gasteiger partial charge in [-0.2, -0.15) is 4.98 Å². The third-order valence-corrected chi connectivity index (χ3v) is 4.35. The molecular weight excluding hydrogens is 340 g/mol. The van der Waals surface area contributed by atoms with Crippen molar-refractivity contribution >= 4 is 35.1 Å². The average molecular weight is 357 g/mol. The third kappa shape index (κ3) is 4.46. The molecule has 124 valence electrons. The molecule has 0 atom stereocenters. The van der Waals surface area contributed by atoms with Gasteiger partial charge in [0.1, 0.15) is 6.73 Å². The Hall–Kier alpha value is -1.58. The smallest absolute Gasteiger partial charge is 0.222 e. The van der Waals surface area contributed by atoms with E-state index in [-0.39, 0.29) is 19.2 Å². The highest BCUT2D eigenvalue weighted by Gasteiger charge is 2.22. The number of nitrogens with two attached hydrogens (primary N) is 1. The van der Waals surface area contributed by atoms with Gasteiger partial charge in [0.25, 0.3) is 0 Å². The second kappa shape index (κ2) is 8.32. The summed E-state index contributed by atoms with van der Waals surface area (Å²) in [6.07, 6.45) is 1.53. The Labute approximate surface area is 142 Å². The van der Waals surface area contributed by atoms with Crippen molar-refractivity contribution < 1.29 is 15.3 Å². The van der Waals surface area contributed by atoms with Gasteiger partial charge in [0.15, 0.2) is 5.82 Å². The number of halogens is 1. The molecule has 0 saturated carbocycles. The maximum Gasteiger partial charge on any atom is 0.222 e. The Morgan fingerprint density at radius 2 is 1.83 bits per heavy atom. The summed E-state index contributed by atoms with van der Waals surface area (Å²) >= 11 is 7.23. The molecule has 0 fully saturated rings. The Morgan fingerprint density at radius 1 is 1.17 bits per heavy atom. The minimum absolute atomic E-state index is 0.0357. The number of benzene rings is 1. The van der Waals surface area contributed by atoms with Crippen molar-refractivity contribution in [2.75, 3.05) is 30.6 Å². The van der Waals surface area contributed by atoms with Gasteiger partial charge >= 0.3 is 0 Å². The first-order valence-corrected chi connectivity index (χ1v) is 7.93. The summed E-state index contributed by atoms with van der Waals surface area (Å²) < 4.78 is 0. The van der Waals surface area contributed by atoms with Crippen LogP contribution in [0.1, 0.15) is 0 Å². The van der Waals surface area contributed by atoms with E-state index in [9.17, 15) is 15.3 Å². The molecule has 0 radical (unpaired) electrons. The van der Waals surface area contributed by atoms with Crippen LogP contribution in [0.25, 0.3) is 0 Å². The number of nitrogen functional groups attached to an aromatic ring is 1. The molecule has 0 bridgehead atoms. The number of hydrogen-bond acceptors (Lipinski definition) is 8. The summed E-state index contributed by atoms with van der Waals surface area (Å²) in [5.74, 6) is 0.376. The zero-order valence-corrected chi connectivity index (χ0v) is 13.7. The number of aromatic nitrogens is 2. The highest BCUT2D eigenvalue weighted by atomic mass is 35.5. The van der Waals surface area contributed by atoms with Crippen molar-refractivity contribution in [1.29, 1.82) is 0 Å². The van der Waals surface area contributed by atoms with Crippen LogP contribution in [-0.4, -0.2) is 51.3 Å². The Morgan fingerprint density at radius 3 is 2.39 bits per heavy atom. The quantitative estimate of drug-likeness (QED) is 0.542. The fourth-order valence-electron chi connectivity index (χ4n) is 1.89. The topological polar surface area (TPSA) is 116 Å². The zero-order valence-electron chi connectivity index (χ0n) is 12.1. The van der Waals surface area contributed by atoms with E-state index < -0.39 is 12.8 Å². The van der Waals surface area contributed by atoms with Gasteiger partial charge in [-0.3, -0.25) is 0 Å². The van der Waals surface area contributed by atoms with Gasteiger partial charge in [0.05, 0.1) is 24.2 Å². The Balaban J connectivity index is 2.37. The van der Waals surface area contributed by atoms with Crippen molar-refractivity contribution in [3.05, 3.63) is 35.5 Å². The van der Waals surface area contributed by atoms with E-state index in [1.807, 2.05) is 12.1 Å². The van der Waals surface area contributed by atoms with Gasteiger partial charge in [-0.15, -0.1) is 0 Å². The fraction of sp³-hybridized carbons (Fsp3) is 0.286. The second-order valence-corrected chi connectivity index (χ2v) is 6.15. The minimum Gasteiger partial charge on any atom is -0.394 e. The second-order valence-electron chi connectivity index (χ2n) is 4.60. The van der Waals surface area contributed by atoms with Crippen LogP contribution in [0.4, 0.5) is 11.8 Å². The molecule has 0 aliphatic rings. The largest absolute Gasteiger partial charge is 0.394 e. The normalized spacial score (nSPS) is 11.0. The summed E-state index contributed by atoms with van der Waals surface area (Å²) in [5, 5.41) is 29.0. The lowest BCUT2D eigenvalue weighted by Gasteiger charge is -2.29. The lowest BCUT2D eigenvalue weighted by Crippen LogP contribution is -2.42. The van der Waals surface area contributed by atoms with Crippen LogP contribution >= 0.6 is 23.4 Å². The van der Waals surface area contributed by atoms with Gasteiger partial charge in [0, 0.05) is 16.1 Å². The highest BCUT2D eigenvalue weighted by molar-refractivity contribution is 7.99. The molecule has 5 N–H and O–H groups in total. The van der Waals surface area contributed by atoms with Crippen molar-refractivity contribution in [3.63, 3.8) is 0 Å². The summed E-state index contributed by atoms with van der Waals surface area (Å²) in [6, 6.07) is 6.50. The fourth-order valence-corrected chi connectivity index (χ4v) is 2.90. The molecule has 23 heavy (non-hydrogen) atoms. The first-order chi connectivity index (χ1) is 11.1. The van der Waals surface area contributed by atoms with Gasteiger partial charge in [0.2, 0.25) is 5.95 Å². The molecule has 2 aromatic rings. The van der Waals surface area contributed by atoms with Crippen LogP contribution in [-0.2, 0) is 0 Å². The predicted molar refractivity (Wildman–Crippen MR) is 89.5 cm³/mol. The molecule has 0 spiro atoms. The number of anilines is 2. The average Bonchev–Trinajstić information content (AvgIpc) is 2.56. The van der Waals surface area contributed by atoms with Crippen molar-refractivity contribution in [3.8, 4) is 0 Å². The van der Waals surface area contributed by atoms with E-state index in [0.29, 0.717) is 15.7 Å². The third-order valence-electron chi connectivity index (χ3n) is 3.08. The van der Waals surface area contributed by atoms with E-state index >= 15 is 0 Å². The molecule has 1 heterocycles. The SMILES string of the molecule is Nc1ncc(Sc2ccc(Cl)cc2)c(N(CO)C(CO)CO)n1. The molecule has 2 rings (SSSR count). The number of hydrogen-bond donors (Lipinski definition) is 4. The van der Waals surface area contributed by atoms with Crippen LogP contribution in [0.2, 0.25) is 5.02 Å². The van der Waals surface area contributed by atoms with E-state index in [4.69, 9.17) is 17.3 Å². The zero-order chi connectivity index (χ0) is 16.8. The molecular formula is C14H17ClN4O3S. The Kier molecular flexibility index (Phi) is 6.43. The van der Waals surface area contributed by atoms with E-state index in [1.165, 1.54) is 22.9 Å². The van der Waals surface area contributed by atoms with Gasteiger partial charge in [-0.25, -0.2) is 4.98 Å². The van der Waals surface area contributed by atoms with Crippen LogP contribution < -0.4 is 10.6 Å². The number of rotatable bonds is 7. The summed E-state index contributed by atoms with van der Waals surface area (Å²) in [6.45, 7) is -1.12. The molecule has 1 aromatic carbocycles. The lowest BCUT2D eigenvalue weighted by molar-refractivity contribution is 0.164. The van der Waals surface area contributed by atoms with Crippen molar-refractivity contribution in [2.45, 2.75) is 15.8 Å². The van der Waals surface area contributed by atoms with Crippen molar-refractivity contribution in [1.82, 2.24) is 9.97 Å². The molecule has 0 aliphatic heterocycles. The summed E-state index contributed by atoms with van der Waals surface area (Å²) in [5.41, 5.74) is 5.63. The Bertz CT molecular complexity index is 640. The first kappa shape index (κ1) is 17.8. The maximum absolute atomic E-state index is 9.61. The highest BCUT2D eigenvalue weighted by Crippen LogP contribution is 2.35. The van der Waals surface area contributed by atoms with Crippen LogP contribution in [0.15, 0.2) is 40.3 Å². The van der Waals surface area contributed by atoms with Crippen LogP contribution in [0.3, 0.4) is 0 Å². The summed E-state index contributed by atoms with van der Waals surface area (Å²) in [7, 11) is 0. The number of aliphatic hydroxyl groups excluding tert-OH is 3. The van der Waals surface area contributed by atoms with Crippen LogP contribution in [0.5, 0.6) is 0 Å². The van der Waals surface area contributed by atoms with Gasteiger partial charge in [-0.05, 0) is 24.3 Å². The van der Waals surface area contributed by atoms with E-state index in [2.05, 4.69) is 9.97 Å². The summed E-state index contributed by atoms with van der Waals surface area (Å²) in [4.78, 5) is 11.0. The first-order valence-electron chi connectivity index (χ1n) is 6.74. The lowest BCUT2D eigenvalue weighted by atomic mass is 10.3. The molecule has 1 aromatic heterocycles. The molecule has 7 nitrogen and oxygen atoms in total. The number of aliphatic hydroxyl groups is 3. The molecule has 0 saturated heterocycles. The number of nitrogens with zero attached hydrogens (tertiary/aromatic N) is 3. The molecule has 0 amide bonds. The van der Waals surface area contributed by atoms with E-state index in [0.717, 1.165) is 4.90 Å². The van der Waals surface area contributed by atoms with Crippen LogP contribution in [0, 0.1) is 0 Å². The monoisotopic (exact) mass is 356 g/mol. The van der Waals surface area contributed by atoms with Crippen molar-refractivity contribution in [2.24, 2.45) is 0 Å². The van der Waals surface area contributed by atoms with Gasteiger partial charge in [-0.1, -0.05) is 23.4 Å². The molecule has 9 heteroatoms. The van der Waals surface area contributed by atoms with Gasteiger partial charge < -0.3 is 26.0 Å². The standard InChI is InChI=1S/C14H17ClN4O3S/c15-9-1-3-11(4-2-9)23-12-5-17-14(16)18-13(12)19(8-22)10(6-20)7-21/h1-5,10,20-22H,6-8H2,(H2,16,17,18). The molecule has 0 aliphatic carbocycles. The van der Waals surface area contributed by atoms with E-state index in [1.54, 1.807) is 12.1 Å². The minimum atomic E-state index is -0.695. The maximum atomic E-state index is 9.61. The predicted octanol–water partition coefficient (Wildman–Crippen LogP) is 0.973. The molecule has 0 unspecified atom stereocenters.